The van der Waals surface area contributed by atoms with Gasteiger partial charge in [-0.15, -0.1) is 0 Å². The fraction of sp³-hybridized carbons (Fsp3) is 0.652. The Morgan fingerprint density at radius 3 is 2.81 bits per heavy atom. The van der Waals surface area contributed by atoms with Crippen LogP contribution in [0.3, 0.4) is 0 Å². The lowest BCUT2D eigenvalue weighted by Gasteiger charge is -2.57. The zero-order valence-corrected chi connectivity index (χ0v) is 16.2. The molecule has 0 N–H and O–H groups in total. The lowest BCUT2D eigenvalue weighted by Crippen LogP contribution is -2.53. The number of allylic oxidation sites excluding steroid dienone is 3. The van der Waals surface area contributed by atoms with Crippen LogP contribution in [0.2, 0.25) is 0 Å². The minimum absolute atomic E-state index is 0.0163. The molecule has 4 aliphatic carbocycles. The predicted octanol–water partition coefficient (Wildman–Crippen LogP) is 4.71. The Morgan fingerprint density at radius 2 is 2.00 bits per heavy atom. The quantitative estimate of drug-likeness (QED) is 0.625. The highest BCUT2D eigenvalue weighted by Crippen LogP contribution is 2.68. The topological polar surface area (TPSA) is 52.3 Å². The molecule has 1 aromatic heterocycles. The molecule has 2 saturated carbocycles. The van der Waals surface area contributed by atoms with Crippen molar-refractivity contribution in [2.45, 2.75) is 64.4 Å². The molecule has 142 valence electrons. The SMILES string of the molecule is C[C@]12Cc3cnoc3C=C1C=C[C@@H]1[C@@H]2CC[C@@]2(C)[C@H]1CC[C@@]21CCC(=O)O1. The number of hydrogen-bond donors (Lipinski definition) is 0. The lowest BCUT2D eigenvalue weighted by molar-refractivity contribution is -0.165. The van der Waals surface area contributed by atoms with Gasteiger partial charge < -0.3 is 9.26 Å². The third-order valence-corrected chi connectivity index (χ3v) is 9.16. The summed E-state index contributed by atoms with van der Waals surface area (Å²) in [7, 11) is 0. The van der Waals surface area contributed by atoms with Crippen molar-refractivity contribution in [3.8, 4) is 0 Å². The minimum atomic E-state index is -0.196. The second kappa shape index (κ2) is 4.95. The van der Waals surface area contributed by atoms with Gasteiger partial charge in [-0.2, -0.15) is 0 Å². The Hall–Kier alpha value is -1.84. The van der Waals surface area contributed by atoms with Gasteiger partial charge in [0.25, 0.3) is 0 Å². The summed E-state index contributed by atoms with van der Waals surface area (Å²) in [5.74, 6) is 2.78. The largest absolute Gasteiger partial charge is 0.458 e. The Bertz CT molecular complexity index is 897. The second-order valence-electron chi connectivity index (χ2n) is 10.0. The predicted molar refractivity (Wildman–Crippen MR) is 101 cm³/mol. The first kappa shape index (κ1) is 16.1. The van der Waals surface area contributed by atoms with Gasteiger partial charge in [-0.1, -0.05) is 31.2 Å². The molecule has 1 spiro atoms. The monoisotopic (exact) mass is 365 g/mol. The third-order valence-electron chi connectivity index (χ3n) is 9.16. The van der Waals surface area contributed by atoms with Crippen molar-refractivity contribution in [3.63, 3.8) is 0 Å². The zero-order chi connectivity index (χ0) is 18.4. The van der Waals surface area contributed by atoms with Crippen LogP contribution < -0.4 is 0 Å². The molecule has 0 radical (unpaired) electrons. The maximum absolute atomic E-state index is 12.0. The molecule has 6 rings (SSSR count). The summed E-state index contributed by atoms with van der Waals surface area (Å²) in [6.07, 6.45) is 16.1. The standard InChI is InChI=1S/C23H27NO3/c1-21-12-14-13-24-27-19(14)11-15(21)3-4-16-17(21)5-8-22(2)18(16)6-9-23(22)10-7-20(25)26-23/h3-4,11,13,16-18H,5-10,12H2,1-2H3/t16-,17+,18+,21+,22+,23-/m1/s1. The van der Waals surface area contributed by atoms with Gasteiger partial charge in [0.2, 0.25) is 0 Å². The van der Waals surface area contributed by atoms with E-state index in [0.717, 1.165) is 25.0 Å². The maximum atomic E-state index is 12.0. The first-order valence-corrected chi connectivity index (χ1v) is 10.5. The lowest BCUT2D eigenvalue weighted by atomic mass is 9.48. The molecule has 1 aliphatic heterocycles. The van der Waals surface area contributed by atoms with Gasteiger partial charge >= 0.3 is 5.97 Å². The molecule has 5 aliphatic rings. The highest BCUT2D eigenvalue weighted by Gasteiger charge is 2.66. The Kier molecular flexibility index (Phi) is 2.96. The molecule has 0 unspecified atom stereocenters. The van der Waals surface area contributed by atoms with E-state index >= 15 is 0 Å². The molecule has 0 aromatic carbocycles. The Balaban J connectivity index is 1.40. The van der Waals surface area contributed by atoms with Crippen molar-refractivity contribution in [3.05, 3.63) is 35.2 Å². The summed E-state index contributed by atoms with van der Waals surface area (Å²) in [6.45, 7) is 4.86. The van der Waals surface area contributed by atoms with Crippen LogP contribution in [0.25, 0.3) is 6.08 Å². The molecule has 4 heteroatoms. The number of carbonyl (C=O) groups is 1. The van der Waals surface area contributed by atoms with Gasteiger partial charge in [0, 0.05) is 22.8 Å². The number of hydrogen-bond acceptors (Lipinski definition) is 4. The number of nitrogens with zero attached hydrogens (tertiary/aromatic N) is 1. The molecule has 4 nitrogen and oxygen atoms in total. The summed E-state index contributed by atoms with van der Waals surface area (Å²) in [6, 6.07) is 0. The van der Waals surface area contributed by atoms with Crippen LogP contribution in [0.1, 0.15) is 63.7 Å². The third kappa shape index (κ3) is 1.85. The van der Waals surface area contributed by atoms with E-state index < -0.39 is 0 Å². The second-order valence-corrected chi connectivity index (χ2v) is 10.0. The summed E-state index contributed by atoms with van der Waals surface area (Å²) in [5.41, 5.74) is 2.73. The van der Waals surface area contributed by atoms with E-state index in [9.17, 15) is 4.79 Å². The molecule has 1 aromatic rings. The first-order valence-electron chi connectivity index (χ1n) is 10.5. The van der Waals surface area contributed by atoms with Crippen molar-refractivity contribution in [1.82, 2.24) is 5.16 Å². The van der Waals surface area contributed by atoms with Gasteiger partial charge in [0.15, 0.2) is 5.76 Å². The molecular weight excluding hydrogens is 338 g/mol. The highest BCUT2D eigenvalue weighted by atomic mass is 16.6. The Morgan fingerprint density at radius 1 is 1.15 bits per heavy atom. The maximum Gasteiger partial charge on any atom is 0.306 e. The van der Waals surface area contributed by atoms with E-state index in [1.54, 1.807) is 0 Å². The van der Waals surface area contributed by atoms with Crippen LogP contribution in [0.5, 0.6) is 0 Å². The number of rotatable bonds is 0. The fourth-order valence-corrected chi connectivity index (χ4v) is 7.63. The van der Waals surface area contributed by atoms with Gasteiger partial charge in [-0.3, -0.25) is 4.79 Å². The average Bonchev–Trinajstić information content (AvgIpc) is 3.31. The van der Waals surface area contributed by atoms with Crippen LogP contribution in [-0.4, -0.2) is 16.7 Å². The van der Waals surface area contributed by atoms with Crippen LogP contribution in [-0.2, 0) is 16.0 Å². The Labute approximate surface area is 160 Å². The van der Waals surface area contributed by atoms with E-state index in [4.69, 9.17) is 9.26 Å². The van der Waals surface area contributed by atoms with Crippen molar-refractivity contribution >= 4 is 12.0 Å². The van der Waals surface area contributed by atoms with Crippen LogP contribution in [0.4, 0.5) is 0 Å². The summed E-state index contributed by atoms with van der Waals surface area (Å²) >= 11 is 0. The zero-order valence-electron chi connectivity index (χ0n) is 16.2. The minimum Gasteiger partial charge on any atom is -0.458 e. The van der Waals surface area contributed by atoms with Gasteiger partial charge in [-0.05, 0) is 67.9 Å². The van der Waals surface area contributed by atoms with E-state index in [1.165, 1.54) is 30.4 Å². The smallest absolute Gasteiger partial charge is 0.306 e. The van der Waals surface area contributed by atoms with Crippen molar-refractivity contribution in [2.24, 2.45) is 28.6 Å². The molecular formula is C23H27NO3. The normalized spacial score (nSPS) is 47.1. The number of carbonyl (C=O) groups excluding carboxylic acids is 1. The average molecular weight is 365 g/mol. The van der Waals surface area contributed by atoms with E-state index in [1.807, 2.05) is 6.20 Å². The molecule has 0 bridgehead atoms. The van der Waals surface area contributed by atoms with E-state index in [-0.39, 0.29) is 22.4 Å². The van der Waals surface area contributed by atoms with Gasteiger partial charge in [0.1, 0.15) is 5.60 Å². The number of fused-ring (bicyclic) bond motifs is 7. The van der Waals surface area contributed by atoms with E-state index in [0.29, 0.717) is 24.2 Å². The summed E-state index contributed by atoms with van der Waals surface area (Å²) in [5, 5.41) is 4.02. The number of aromatic nitrogens is 1. The molecule has 27 heavy (non-hydrogen) atoms. The highest BCUT2D eigenvalue weighted by molar-refractivity contribution is 5.72. The molecule has 2 heterocycles. The van der Waals surface area contributed by atoms with Gasteiger partial charge in [0.05, 0.1) is 6.20 Å². The van der Waals surface area contributed by atoms with Crippen LogP contribution >= 0.6 is 0 Å². The summed E-state index contributed by atoms with van der Waals surface area (Å²) < 4.78 is 11.5. The molecule has 0 amide bonds. The van der Waals surface area contributed by atoms with Gasteiger partial charge in [-0.25, -0.2) is 0 Å². The summed E-state index contributed by atoms with van der Waals surface area (Å²) in [4.78, 5) is 12.0. The number of esters is 1. The first-order chi connectivity index (χ1) is 13.0. The van der Waals surface area contributed by atoms with E-state index in [2.05, 4.69) is 37.2 Å². The van der Waals surface area contributed by atoms with Crippen LogP contribution in [0.15, 0.2) is 28.4 Å². The van der Waals surface area contributed by atoms with Crippen molar-refractivity contribution in [1.29, 1.82) is 0 Å². The molecule has 6 atom stereocenters. The van der Waals surface area contributed by atoms with Crippen molar-refractivity contribution in [2.75, 3.05) is 0 Å². The molecule has 1 saturated heterocycles. The molecule has 3 fully saturated rings. The van der Waals surface area contributed by atoms with Crippen LogP contribution in [0, 0.1) is 28.6 Å². The van der Waals surface area contributed by atoms with Crippen molar-refractivity contribution < 1.29 is 14.1 Å². The number of ether oxygens (including phenoxy) is 1. The fourth-order valence-electron chi connectivity index (χ4n) is 7.63.